The van der Waals surface area contributed by atoms with E-state index < -0.39 is 0 Å². The summed E-state index contributed by atoms with van der Waals surface area (Å²) in [6.07, 6.45) is 5.68. The van der Waals surface area contributed by atoms with Crippen LogP contribution in [-0.4, -0.2) is 21.4 Å². The fraction of sp³-hybridized carbons (Fsp3) is 0.667. The molecule has 90 valence electrons. The van der Waals surface area contributed by atoms with Crippen LogP contribution in [0.15, 0.2) is 18.5 Å². The molecule has 0 radical (unpaired) electrons. The number of ether oxygens (including phenoxy) is 1. The minimum absolute atomic E-state index is 0.0208. The van der Waals surface area contributed by atoms with Crippen molar-refractivity contribution in [1.29, 1.82) is 0 Å². The molecule has 1 heterocycles. The highest BCUT2D eigenvalue weighted by molar-refractivity contribution is 5.75. The Balaban J connectivity index is 0.000000181. The van der Waals surface area contributed by atoms with Crippen LogP contribution in [-0.2, 0) is 16.6 Å². The Hall–Kier alpha value is -1.32. The number of carbonyl (C=O) groups is 1. The van der Waals surface area contributed by atoms with Crippen molar-refractivity contribution in [1.82, 2.24) is 9.78 Å². The Bertz CT molecular complexity index is 321. The Morgan fingerprint density at radius 3 is 2.31 bits per heavy atom. The van der Waals surface area contributed by atoms with Gasteiger partial charge < -0.3 is 4.74 Å². The summed E-state index contributed by atoms with van der Waals surface area (Å²) in [5, 5.41) is 3.83. The van der Waals surface area contributed by atoms with Crippen LogP contribution in [0.25, 0.3) is 0 Å². The molecule has 1 aliphatic rings. The molecule has 0 aliphatic heterocycles. The zero-order valence-corrected chi connectivity index (χ0v) is 10.4. The van der Waals surface area contributed by atoms with E-state index in [1.54, 1.807) is 10.9 Å². The third-order valence-corrected chi connectivity index (χ3v) is 1.95. The van der Waals surface area contributed by atoms with Crippen molar-refractivity contribution >= 4 is 5.97 Å². The molecular weight excluding hydrogens is 204 g/mol. The molecule has 0 spiro atoms. The highest BCUT2D eigenvalue weighted by atomic mass is 16.6. The Labute approximate surface area is 96.6 Å². The number of hydrogen-bond donors (Lipinski definition) is 0. The summed E-state index contributed by atoms with van der Waals surface area (Å²) in [5.74, 6) is 0.201. The van der Waals surface area contributed by atoms with E-state index >= 15 is 0 Å². The second-order valence-electron chi connectivity index (χ2n) is 4.99. The Morgan fingerprint density at radius 2 is 2.06 bits per heavy atom. The van der Waals surface area contributed by atoms with Crippen LogP contribution in [0.2, 0.25) is 0 Å². The molecule has 4 nitrogen and oxygen atoms in total. The number of rotatable bonds is 1. The van der Waals surface area contributed by atoms with Crippen LogP contribution >= 0.6 is 0 Å². The van der Waals surface area contributed by atoms with Crippen LogP contribution in [0.4, 0.5) is 0 Å². The van der Waals surface area contributed by atoms with E-state index in [1.165, 1.54) is 0 Å². The maximum atomic E-state index is 11.0. The summed E-state index contributed by atoms with van der Waals surface area (Å²) in [7, 11) is 1.89. The van der Waals surface area contributed by atoms with E-state index in [1.807, 2.05) is 40.1 Å². The number of esters is 1. The van der Waals surface area contributed by atoms with Gasteiger partial charge in [-0.25, -0.2) is 0 Å². The lowest BCUT2D eigenvalue weighted by Crippen LogP contribution is -2.24. The van der Waals surface area contributed by atoms with E-state index in [0.717, 1.165) is 12.8 Å². The maximum Gasteiger partial charge on any atom is 0.309 e. The van der Waals surface area contributed by atoms with Gasteiger partial charge in [0.05, 0.1) is 5.92 Å². The molecule has 0 unspecified atom stereocenters. The van der Waals surface area contributed by atoms with Gasteiger partial charge in [0.25, 0.3) is 0 Å². The summed E-state index contributed by atoms with van der Waals surface area (Å²) < 4.78 is 6.87. The normalized spacial score (nSPS) is 15.0. The van der Waals surface area contributed by atoms with Crippen molar-refractivity contribution in [3.63, 3.8) is 0 Å². The summed E-state index contributed by atoms with van der Waals surface area (Å²) in [4.78, 5) is 11.0. The fourth-order valence-electron chi connectivity index (χ4n) is 1.05. The molecule has 0 saturated heterocycles. The van der Waals surface area contributed by atoms with E-state index in [9.17, 15) is 4.79 Å². The zero-order valence-electron chi connectivity index (χ0n) is 10.4. The topological polar surface area (TPSA) is 44.1 Å². The molecule has 1 aromatic heterocycles. The van der Waals surface area contributed by atoms with Crippen LogP contribution in [0, 0.1) is 5.92 Å². The van der Waals surface area contributed by atoms with Crippen molar-refractivity contribution in [3.05, 3.63) is 18.5 Å². The van der Waals surface area contributed by atoms with Crippen molar-refractivity contribution < 1.29 is 9.53 Å². The van der Waals surface area contributed by atoms with Crippen molar-refractivity contribution in [3.8, 4) is 0 Å². The second kappa shape index (κ2) is 5.14. The number of carbonyl (C=O) groups excluding carboxylic acids is 1. The summed E-state index contributed by atoms with van der Waals surface area (Å²) >= 11 is 0. The lowest BCUT2D eigenvalue weighted by atomic mass is 10.2. The van der Waals surface area contributed by atoms with Crippen molar-refractivity contribution in [2.75, 3.05) is 0 Å². The largest absolute Gasteiger partial charge is 0.460 e. The molecule has 2 rings (SSSR count). The van der Waals surface area contributed by atoms with Gasteiger partial charge in [-0.1, -0.05) is 0 Å². The van der Waals surface area contributed by atoms with Gasteiger partial charge in [-0.2, -0.15) is 5.10 Å². The standard InChI is InChI=1S/C8H14O2.C4H6N2/c1-8(2,3)10-7(9)6-4-5-6;1-6-4-2-3-5-6/h6H,4-5H2,1-3H3;2-4H,1H3. The van der Waals surface area contributed by atoms with Crippen LogP contribution < -0.4 is 0 Å². The SMILES string of the molecule is CC(C)(C)OC(=O)C1CC1.Cn1cccn1. The molecule has 16 heavy (non-hydrogen) atoms. The predicted molar refractivity (Wildman–Crippen MR) is 61.8 cm³/mol. The minimum Gasteiger partial charge on any atom is -0.460 e. The van der Waals surface area contributed by atoms with E-state index in [-0.39, 0.29) is 17.5 Å². The Morgan fingerprint density at radius 1 is 1.44 bits per heavy atom. The highest BCUT2D eigenvalue weighted by Crippen LogP contribution is 2.31. The van der Waals surface area contributed by atoms with Crippen LogP contribution in [0.5, 0.6) is 0 Å². The van der Waals surface area contributed by atoms with Gasteiger partial charge in [-0.3, -0.25) is 9.48 Å². The first-order valence-corrected chi connectivity index (χ1v) is 5.55. The highest BCUT2D eigenvalue weighted by Gasteiger charge is 2.33. The monoisotopic (exact) mass is 224 g/mol. The van der Waals surface area contributed by atoms with Crippen LogP contribution in [0.1, 0.15) is 33.6 Å². The first-order valence-electron chi connectivity index (χ1n) is 5.55. The molecule has 1 aromatic rings. The average Bonchev–Trinajstić information content (AvgIpc) is 2.88. The molecule has 0 N–H and O–H groups in total. The summed E-state index contributed by atoms with van der Waals surface area (Å²) in [6.45, 7) is 5.69. The van der Waals surface area contributed by atoms with Gasteiger partial charge in [0.1, 0.15) is 5.60 Å². The molecule has 1 aliphatic carbocycles. The van der Waals surface area contributed by atoms with Gasteiger partial charge in [0, 0.05) is 19.4 Å². The Kier molecular flexibility index (Phi) is 4.10. The number of hydrogen-bond acceptors (Lipinski definition) is 3. The predicted octanol–water partition coefficient (Wildman–Crippen LogP) is 2.16. The van der Waals surface area contributed by atoms with Crippen molar-refractivity contribution in [2.45, 2.75) is 39.2 Å². The summed E-state index contributed by atoms with van der Waals surface area (Å²) in [6, 6.07) is 1.89. The van der Waals surface area contributed by atoms with E-state index in [2.05, 4.69) is 5.10 Å². The molecular formula is C12H20N2O2. The van der Waals surface area contributed by atoms with E-state index in [0.29, 0.717) is 0 Å². The van der Waals surface area contributed by atoms with Crippen LogP contribution in [0.3, 0.4) is 0 Å². The van der Waals surface area contributed by atoms with E-state index in [4.69, 9.17) is 4.74 Å². The van der Waals surface area contributed by atoms with Gasteiger partial charge in [-0.05, 0) is 39.7 Å². The summed E-state index contributed by atoms with van der Waals surface area (Å²) in [5.41, 5.74) is -0.306. The fourth-order valence-corrected chi connectivity index (χ4v) is 1.05. The maximum absolute atomic E-state index is 11.0. The molecule has 0 atom stereocenters. The number of nitrogens with zero attached hydrogens (tertiary/aromatic N) is 2. The quantitative estimate of drug-likeness (QED) is 0.687. The molecule has 0 bridgehead atoms. The molecule has 0 aromatic carbocycles. The van der Waals surface area contributed by atoms with Gasteiger partial charge in [-0.15, -0.1) is 0 Å². The lowest BCUT2D eigenvalue weighted by molar-refractivity contribution is -0.156. The first kappa shape index (κ1) is 12.7. The molecule has 1 fully saturated rings. The van der Waals surface area contributed by atoms with Gasteiger partial charge in [0.15, 0.2) is 0 Å². The van der Waals surface area contributed by atoms with Gasteiger partial charge in [0.2, 0.25) is 0 Å². The smallest absolute Gasteiger partial charge is 0.309 e. The minimum atomic E-state index is -0.306. The second-order valence-corrected chi connectivity index (χ2v) is 4.99. The van der Waals surface area contributed by atoms with Crippen molar-refractivity contribution in [2.24, 2.45) is 13.0 Å². The van der Waals surface area contributed by atoms with Gasteiger partial charge >= 0.3 is 5.97 Å². The first-order chi connectivity index (χ1) is 7.38. The average molecular weight is 224 g/mol. The number of aromatic nitrogens is 2. The number of aryl methyl sites for hydroxylation is 1. The molecule has 0 amide bonds. The third-order valence-electron chi connectivity index (χ3n) is 1.95. The molecule has 4 heteroatoms. The lowest BCUT2D eigenvalue weighted by Gasteiger charge is -2.19. The molecule has 1 saturated carbocycles. The third kappa shape index (κ3) is 5.53. The zero-order chi connectivity index (χ0) is 12.2.